The second-order valence-corrected chi connectivity index (χ2v) is 9.49. The molecule has 0 atom stereocenters. The first-order chi connectivity index (χ1) is 16.7. The predicted molar refractivity (Wildman–Crippen MR) is 134 cm³/mol. The van der Waals surface area contributed by atoms with Crippen LogP contribution in [-0.4, -0.2) is 43.9 Å². The first-order valence-corrected chi connectivity index (χ1v) is 12.9. The third kappa shape index (κ3) is 4.40. The molecule has 2 aromatic carbocycles. The molecule has 0 bridgehead atoms. The molecule has 0 radical (unpaired) electrons. The number of hydrogen-bond donors (Lipinski definition) is 0. The Morgan fingerprint density at radius 3 is 2.76 bits per heavy atom. The summed E-state index contributed by atoms with van der Waals surface area (Å²) in [7, 11) is 0. The van der Waals surface area contributed by atoms with Gasteiger partial charge in [-0.05, 0) is 68.4 Å². The highest BCUT2D eigenvalue weighted by Crippen LogP contribution is 2.25. The highest BCUT2D eigenvalue weighted by atomic mass is 32.2. The second-order valence-electron chi connectivity index (χ2n) is 8.54. The SMILES string of the molecule is CCOCCCn1c(=O)c2ccccc2n2c(SCC(=O)c3ccc4c(c3)CCCC4)nnc12. The van der Waals surface area contributed by atoms with Crippen molar-refractivity contribution < 1.29 is 9.53 Å². The summed E-state index contributed by atoms with van der Waals surface area (Å²) in [6, 6.07) is 13.6. The molecule has 34 heavy (non-hydrogen) atoms. The molecule has 0 amide bonds. The Kier molecular flexibility index (Phi) is 6.78. The molecule has 0 unspecified atom stereocenters. The van der Waals surface area contributed by atoms with Crippen LogP contribution in [0, 0.1) is 0 Å². The monoisotopic (exact) mass is 476 g/mol. The van der Waals surface area contributed by atoms with Crippen LogP contribution < -0.4 is 5.56 Å². The Morgan fingerprint density at radius 1 is 1.09 bits per heavy atom. The average Bonchev–Trinajstić information content (AvgIpc) is 3.30. The van der Waals surface area contributed by atoms with E-state index < -0.39 is 0 Å². The van der Waals surface area contributed by atoms with Crippen molar-refractivity contribution in [1.82, 2.24) is 19.2 Å². The van der Waals surface area contributed by atoms with Gasteiger partial charge in [0.1, 0.15) is 0 Å². The summed E-state index contributed by atoms with van der Waals surface area (Å²) in [4.78, 5) is 26.2. The molecule has 0 saturated heterocycles. The van der Waals surface area contributed by atoms with Crippen LogP contribution >= 0.6 is 11.8 Å². The van der Waals surface area contributed by atoms with E-state index >= 15 is 0 Å². The normalized spacial score (nSPS) is 13.4. The number of rotatable bonds is 9. The zero-order chi connectivity index (χ0) is 23.5. The Balaban J connectivity index is 1.44. The van der Waals surface area contributed by atoms with Gasteiger partial charge in [0.2, 0.25) is 5.78 Å². The summed E-state index contributed by atoms with van der Waals surface area (Å²) >= 11 is 1.36. The molecule has 1 aliphatic rings. The van der Waals surface area contributed by atoms with Crippen LogP contribution in [0.1, 0.15) is 47.7 Å². The van der Waals surface area contributed by atoms with Crippen molar-refractivity contribution in [1.29, 1.82) is 0 Å². The standard InChI is InChI=1S/C26H28N4O3S/c1-2-33-15-7-14-29-24(32)21-10-5-6-11-22(21)30-25(29)27-28-26(30)34-17-23(31)20-13-12-18-8-3-4-9-19(18)16-20/h5-6,10-13,16H,2-4,7-9,14-15,17H2,1H3. The van der Waals surface area contributed by atoms with Crippen molar-refractivity contribution in [2.75, 3.05) is 19.0 Å². The summed E-state index contributed by atoms with van der Waals surface area (Å²) in [6.45, 7) is 3.66. The number of carbonyl (C=O) groups excluding carboxylic acids is 1. The molecule has 8 heteroatoms. The third-order valence-electron chi connectivity index (χ3n) is 6.36. The average molecular weight is 477 g/mol. The topological polar surface area (TPSA) is 78.5 Å². The maximum absolute atomic E-state index is 13.2. The molecule has 0 fully saturated rings. The fraction of sp³-hybridized carbons (Fsp3) is 0.385. The van der Waals surface area contributed by atoms with Gasteiger partial charge in [-0.15, -0.1) is 10.2 Å². The van der Waals surface area contributed by atoms with Gasteiger partial charge in [0.05, 0.1) is 16.7 Å². The molecule has 0 spiro atoms. The Labute approximate surface area is 202 Å². The third-order valence-corrected chi connectivity index (χ3v) is 7.28. The van der Waals surface area contributed by atoms with Crippen LogP contribution in [0.2, 0.25) is 0 Å². The summed E-state index contributed by atoms with van der Waals surface area (Å²) in [5.74, 6) is 0.825. The number of carbonyl (C=O) groups is 1. The van der Waals surface area contributed by atoms with Crippen LogP contribution in [0.5, 0.6) is 0 Å². The van der Waals surface area contributed by atoms with E-state index in [2.05, 4.69) is 22.3 Å². The molecule has 0 saturated carbocycles. The molecule has 1 aliphatic carbocycles. The molecule has 2 heterocycles. The van der Waals surface area contributed by atoms with Crippen molar-refractivity contribution in [2.45, 2.75) is 50.7 Å². The lowest BCUT2D eigenvalue weighted by molar-refractivity contribution is 0.102. The second kappa shape index (κ2) is 10.1. The van der Waals surface area contributed by atoms with Crippen molar-refractivity contribution >= 4 is 34.2 Å². The smallest absolute Gasteiger partial charge is 0.262 e. The molecular weight excluding hydrogens is 448 g/mol. The number of Topliss-reactive ketones (excluding diaryl/α,β-unsaturated/α-hetero) is 1. The molecule has 0 N–H and O–H groups in total. The summed E-state index contributed by atoms with van der Waals surface area (Å²) in [5, 5.41) is 9.91. The predicted octanol–water partition coefficient (Wildman–Crippen LogP) is 4.32. The van der Waals surface area contributed by atoms with Gasteiger partial charge in [-0.3, -0.25) is 18.6 Å². The van der Waals surface area contributed by atoms with Gasteiger partial charge in [0.25, 0.3) is 5.56 Å². The van der Waals surface area contributed by atoms with Crippen molar-refractivity contribution in [3.8, 4) is 0 Å². The highest BCUT2D eigenvalue weighted by Gasteiger charge is 2.19. The number of aromatic nitrogens is 4. The first kappa shape index (κ1) is 22.8. The van der Waals surface area contributed by atoms with Gasteiger partial charge in [-0.2, -0.15) is 0 Å². The van der Waals surface area contributed by atoms with E-state index in [4.69, 9.17) is 4.74 Å². The molecule has 0 aliphatic heterocycles. The lowest BCUT2D eigenvalue weighted by Crippen LogP contribution is -2.24. The summed E-state index contributed by atoms with van der Waals surface area (Å²) in [6.07, 6.45) is 5.26. The van der Waals surface area contributed by atoms with Crippen LogP contribution in [-0.2, 0) is 24.1 Å². The minimum Gasteiger partial charge on any atom is -0.382 e. The maximum atomic E-state index is 13.2. The van der Waals surface area contributed by atoms with E-state index in [1.807, 2.05) is 41.7 Å². The minimum absolute atomic E-state index is 0.0736. The Morgan fingerprint density at radius 2 is 1.91 bits per heavy atom. The Bertz CT molecular complexity index is 1410. The van der Waals surface area contributed by atoms with Gasteiger partial charge in [0.15, 0.2) is 10.9 Å². The highest BCUT2D eigenvalue weighted by molar-refractivity contribution is 7.99. The van der Waals surface area contributed by atoms with Crippen molar-refractivity contribution in [2.24, 2.45) is 0 Å². The van der Waals surface area contributed by atoms with E-state index in [1.165, 1.54) is 35.7 Å². The van der Waals surface area contributed by atoms with Crippen LogP contribution in [0.15, 0.2) is 52.4 Å². The Hall–Kier alpha value is -2.97. The van der Waals surface area contributed by atoms with Gasteiger partial charge in [0, 0.05) is 25.3 Å². The van der Waals surface area contributed by atoms with E-state index in [1.54, 1.807) is 4.57 Å². The number of aryl methyl sites for hydroxylation is 3. The molecule has 7 nitrogen and oxygen atoms in total. The van der Waals surface area contributed by atoms with Crippen molar-refractivity contribution in [3.63, 3.8) is 0 Å². The van der Waals surface area contributed by atoms with E-state index in [-0.39, 0.29) is 17.1 Å². The zero-order valence-corrected chi connectivity index (χ0v) is 20.1. The fourth-order valence-electron chi connectivity index (χ4n) is 4.62. The van der Waals surface area contributed by atoms with E-state index in [0.717, 1.165) is 23.9 Å². The number of para-hydroxylation sites is 1. The molecule has 2 aromatic heterocycles. The number of fused-ring (bicyclic) bond motifs is 4. The van der Waals surface area contributed by atoms with Gasteiger partial charge in [-0.25, -0.2) is 0 Å². The van der Waals surface area contributed by atoms with Crippen molar-refractivity contribution in [3.05, 3.63) is 69.5 Å². The number of ketones is 1. The van der Waals surface area contributed by atoms with Crippen LogP contribution in [0.25, 0.3) is 16.7 Å². The maximum Gasteiger partial charge on any atom is 0.262 e. The first-order valence-electron chi connectivity index (χ1n) is 11.9. The quantitative estimate of drug-likeness (QED) is 0.203. The molecule has 5 rings (SSSR count). The van der Waals surface area contributed by atoms with E-state index in [0.29, 0.717) is 42.5 Å². The largest absolute Gasteiger partial charge is 0.382 e. The summed E-state index contributed by atoms with van der Waals surface area (Å²) < 4.78 is 8.99. The van der Waals surface area contributed by atoms with E-state index in [9.17, 15) is 9.59 Å². The van der Waals surface area contributed by atoms with Gasteiger partial charge in [-0.1, -0.05) is 36.0 Å². The minimum atomic E-state index is -0.0892. The lowest BCUT2D eigenvalue weighted by atomic mass is 9.90. The molecular formula is C26H28N4O3S. The number of ether oxygens (including phenoxy) is 1. The van der Waals surface area contributed by atoms with Gasteiger partial charge < -0.3 is 4.74 Å². The zero-order valence-electron chi connectivity index (χ0n) is 19.3. The number of nitrogens with zero attached hydrogens (tertiary/aromatic N) is 4. The number of benzene rings is 2. The van der Waals surface area contributed by atoms with Gasteiger partial charge >= 0.3 is 0 Å². The fourth-order valence-corrected chi connectivity index (χ4v) is 5.45. The summed E-state index contributed by atoms with van der Waals surface area (Å²) in [5.41, 5.74) is 4.08. The lowest BCUT2D eigenvalue weighted by Gasteiger charge is -2.16. The molecule has 4 aromatic rings. The van der Waals surface area contributed by atoms with Crippen LogP contribution in [0.3, 0.4) is 0 Å². The number of thioether (sulfide) groups is 1. The number of hydrogen-bond acceptors (Lipinski definition) is 6. The molecule has 176 valence electrons. The van der Waals surface area contributed by atoms with Crippen LogP contribution in [0.4, 0.5) is 0 Å².